The van der Waals surface area contributed by atoms with Gasteiger partial charge < -0.3 is 9.64 Å². The lowest BCUT2D eigenvalue weighted by atomic mass is 10.2. The Kier molecular flexibility index (Phi) is 6.03. The number of rotatable bonds is 6. The molecule has 1 aliphatic rings. The molecule has 128 valence electrons. The van der Waals surface area contributed by atoms with Gasteiger partial charge in [0.05, 0.1) is 12.0 Å². The first-order valence-corrected chi connectivity index (χ1v) is 8.49. The molecule has 1 aliphatic heterocycles. The van der Waals surface area contributed by atoms with Crippen molar-refractivity contribution in [3.63, 3.8) is 0 Å². The lowest BCUT2D eigenvalue weighted by Gasteiger charge is -2.21. The summed E-state index contributed by atoms with van der Waals surface area (Å²) in [5.41, 5.74) is 0.788. The first-order chi connectivity index (χ1) is 11.5. The van der Waals surface area contributed by atoms with E-state index in [0.29, 0.717) is 23.7 Å². The molecule has 1 fully saturated rings. The Balaban J connectivity index is 2.12. The van der Waals surface area contributed by atoms with E-state index in [1.807, 2.05) is 13.8 Å². The van der Waals surface area contributed by atoms with Crippen molar-refractivity contribution in [2.24, 2.45) is 0 Å². The molecule has 3 amide bonds. The maximum atomic E-state index is 12.4. The number of carbonyl (C=O) groups is 3. The standard InChI is InChI=1S/C17H20N2O4S/c1-4-18(5-2)15(20)11-19-16(21)14(24-17(19)22)10-12-6-8-13(23-3)9-7-12/h6-10H,4-5,11H2,1-3H3/b14-10-. The molecule has 2 rings (SSSR count). The Morgan fingerprint density at radius 2 is 1.83 bits per heavy atom. The third kappa shape index (κ3) is 3.97. The van der Waals surface area contributed by atoms with Gasteiger partial charge in [0, 0.05) is 13.1 Å². The second-order valence-electron chi connectivity index (χ2n) is 5.11. The summed E-state index contributed by atoms with van der Waals surface area (Å²) in [5, 5.41) is -0.416. The Morgan fingerprint density at radius 3 is 2.38 bits per heavy atom. The topological polar surface area (TPSA) is 66.9 Å². The molecule has 0 saturated carbocycles. The summed E-state index contributed by atoms with van der Waals surface area (Å²) < 4.78 is 5.08. The number of ether oxygens (including phenoxy) is 1. The van der Waals surface area contributed by atoms with Gasteiger partial charge in [-0.2, -0.15) is 0 Å². The Bertz CT molecular complexity index is 666. The van der Waals surface area contributed by atoms with Crippen LogP contribution in [0.15, 0.2) is 29.2 Å². The maximum Gasteiger partial charge on any atom is 0.294 e. The smallest absolute Gasteiger partial charge is 0.294 e. The monoisotopic (exact) mass is 348 g/mol. The second kappa shape index (κ2) is 8.01. The van der Waals surface area contributed by atoms with Gasteiger partial charge in [-0.15, -0.1) is 0 Å². The highest BCUT2D eigenvalue weighted by Crippen LogP contribution is 2.32. The van der Waals surface area contributed by atoms with Crippen molar-refractivity contribution in [2.75, 3.05) is 26.7 Å². The van der Waals surface area contributed by atoms with Gasteiger partial charge in [0.25, 0.3) is 11.1 Å². The number of thioether (sulfide) groups is 1. The van der Waals surface area contributed by atoms with Gasteiger partial charge in [-0.3, -0.25) is 19.3 Å². The number of carbonyl (C=O) groups excluding carboxylic acids is 3. The number of hydrogen-bond acceptors (Lipinski definition) is 5. The van der Waals surface area contributed by atoms with Crippen LogP contribution in [0, 0.1) is 0 Å². The molecule has 0 unspecified atom stereocenters. The van der Waals surface area contributed by atoms with E-state index in [-0.39, 0.29) is 12.5 Å². The molecule has 0 bridgehead atoms. The van der Waals surface area contributed by atoms with Gasteiger partial charge in [0.1, 0.15) is 12.3 Å². The molecule has 1 aromatic rings. The zero-order valence-corrected chi connectivity index (χ0v) is 14.8. The van der Waals surface area contributed by atoms with E-state index >= 15 is 0 Å². The van der Waals surface area contributed by atoms with Crippen LogP contribution in [0.2, 0.25) is 0 Å². The molecule has 0 atom stereocenters. The van der Waals surface area contributed by atoms with Crippen LogP contribution in [0.3, 0.4) is 0 Å². The minimum absolute atomic E-state index is 0.216. The summed E-state index contributed by atoms with van der Waals surface area (Å²) >= 11 is 0.852. The molecular weight excluding hydrogens is 328 g/mol. The average Bonchev–Trinajstić information content (AvgIpc) is 2.84. The number of hydrogen-bond donors (Lipinski definition) is 0. The number of nitrogens with zero attached hydrogens (tertiary/aromatic N) is 2. The first-order valence-electron chi connectivity index (χ1n) is 7.67. The van der Waals surface area contributed by atoms with Crippen LogP contribution in [0.25, 0.3) is 6.08 Å². The molecule has 6 nitrogen and oxygen atoms in total. The van der Waals surface area contributed by atoms with E-state index in [4.69, 9.17) is 4.74 Å². The summed E-state index contributed by atoms with van der Waals surface area (Å²) in [6, 6.07) is 7.15. The molecule has 0 spiro atoms. The van der Waals surface area contributed by atoms with Gasteiger partial charge in [-0.25, -0.2) is 0 Å². The van der Waals surface area contributed by atoms with E-state index in [9.17, 15) is 14.4 Å². The summed E-state index contributed by atoms with van der Waals surface area (Å²) in [5.74, 6) is 0.0550. The van der Waals surface area contributed by atoms with Crippen LogP contribution in [0.1, 0.15) is 19.4 Å². The van der Waals surface area contributed by atoms with Crippen molar-refractivity contribution in [2.45, 2.75) is 13.8 Å². The number of benzene rings is 1. The summed E-state index contributed by atoms with van der Waals surface area (Å²) in [7, 11) is 1.58. The number of imide groups is 1. The molecule has 0 radical (unpaired) electrons. The lowest BCUT2D eigenvalue weighted by Crippen LogP contribution is -2.41. The molecule has 1 aromatic carbocycles. The number of methoxy groups -OCH3 is 1. The van der Waals surface area contributed by atoms with Crippen molar-refractivity contribution in [1.29, 1.82) is 0 Å². The Labute approximate surface area is 145 Å². The molecular formula is C17H20N2O4S. The predicted molar refractivity (Wildman–Crippen MR) is 93.6 cm³/mol. The Hall–Kier alpha value is -2.28. The van der Waals surface area contributed by atoms with Gasteiger partial charge >= 0.3 is 0 Å². The van der Waals surface area contributed by atoms with Crippen LogP contribution >= 0.6 is 11.8 Å². The van der Waals surface area contributed by atoms with E-state index in [2.05, 4.69) is 0 Å². The fourth-order valence-electron chi connectivity index (χ4n) is 2.30. The van der Waals surface area contributed by atoms with Crippen LogP contribution in [-0.2, 0) is 9.59 Å². The molecule has 0 aliphatic carbocycles. The Morgan fingerprint density at radius 1 is 1.21 bits per heavy atom. The van der Waals surface area contributed by atoms with E-state index in [0.717, 1.165) is 22.2 Å². The fourth-order valence-corrected chi connectivity index (χ4v) is 3.14. The van der Waals surface area contributed by atoms with Crippen LogP contribution in [-0.4, -0.2) is 53.6 Å². The van der Waals surface area contributed by atoms with Crippen molar-refractivity contribution >= 4 is 34.9 Å². The van der Waals surface area contributed by atoms with Crippen molar-refractivity contribution < 1.29 is 19.1 Å². The third-order valence-electron chi connectivity index (χ3n) is 3.70. The number of amides is 3. The minimum atomic E-state index is -0.429. The van der Waals surface area contributed by atoms with E-state index < -0.39 is 11.1 Å². The van der Waals surface area contributed by atoms with Crippen molar-refractivity contribution in [3.8, 4) is 5.75 Å². The predicted octanol–water partition coefficient (Wildman–Crippen LogP) is 2.60. The minimum Gasteiger partial charge on any atom is -0.497 e. The van der Waals surface area contributed by atoms with E-state index in [1.54, 1.807) is 42.4 Å². The molecule has 7 heteroatoms. The number of likely N-dealkylation sites (N-methyl/N-ethyl adjacent to an activating group) is 1. The highest BCUT2D eigenvalue weighted by molar-refractivity contribution is 8.18. The third-order valence-corrected chi connectivity index (χ3v) is 4.60. The highest BCUT2D eigenvalue weighted by Gasteiger charge is 2.36. The van der Waals surface area contributed by atoms with Gasteiger partial charge in [-0.1, -0.05) is 12.1 Å². The average molecular weight is 348 g/mol. The summed E-state index contributed by atoms with van der Waals surface area (Å²) in [6.45, 7) is 4.60. The quantitative estimate of drug-likeness (QED) is 0.739. The molecule has 0 aromatic heterocycles. The van der Waals surface area contributed by atoms with Crippen molar-refractivity contribution in [1.82, 2.24) is 9.80 Å². The van der Waals surface area contributed by atoms with E-state index in [1.165, 1.54) is 0 Å². The maximum absolute atomic E-state index is 12.4. The SMILES string of the molecule is CCN(CC)C(=O)CN1C(=O)S/C(=C\c2ccc(OC)cc2)C1=O. The van der Waals surface area contributed by atoms with Crippen molar-refractivity contribution in [3.05, 3.63) is 34.7 Å². The molecule has 1 saturated heterocycles. The first kappa shape index (κ1) is 18.1. The van der Waals surface area contributed by atoms with Gasteiger partial charge in [-0.05, 0) is 49.4 Å². The highest BCUT2D eigenvalue weighted by atomic mass is 32.2. The van der Waals surface area contributed by atoms with Gasteiger partial charge in [0.2, 0.25) is 5.91 Å². The fraction of sp³-hybridized carbons (Fsp3) is 0.353. The zero-order chi connectivity index (χ0) is 17.7. The lowest BCUT2D eigenvalue weighted by molar-refractivity contribution is -0.135. The van der Waals surface area contributed by atoms with Crippen LogP contribution < -0.4 is 4.74 Å². The molecule has 0 N–H and O–H groups in total. The summed E-state index contributed by atoms with van der Waals surface area (Å²) in [6.07, 6.45) is 1.65. The molecule has 1 heterocycles. The summed E-state index contributed by atoms with van der Waals surface area (Å²) in [4.78, 5) is 39.5. The van der Waals surface area contributed by atoms with Gasteiger partial charge in [0.15, 0.2) is 0 Å². The normalized spacial score (nSPS) is 16.0. The second-order valence-corrected chi connectivity index (χ2v) is 6.10. The molecule has 24 heavy (non-hydrogen) atoms. The van der Waals surface area contributed by atoms with Crippen LogP contribution in [0.5, 0.6) is 5.75 Å². The largest absolute Gasteiger partial charge is 0.497 e. The van der Waals surface area contributed by atoms with Crippen LogP contribution in [0.4, 0.5) is 4.79 Å². The zero-order valence-electron chi connectivity index (χ0n) is 13.9.